The molecule has 0 spiro atoms. The van der Waals surface area contributed by atoms with E-state index in [0.717, 1.165) is 0 Å². The van der Waals surface area contributed by atoms with Crippen molar-refractivity contribution in [3.63, 3.8) is 0 Å². The predicted octanol–water partition coefficient (Wildman–Crippen LogP) is 6.86. The van der Waals surface area contributed by atoms with E-state index in [0.29, 0.717) is 6.55 Å². The molecule has 0 aromatic rings. The van der Waals surface area contributed by atoms with Gasteiger partial charge in [0.15, 0.2) is 8.11 Å². The van der Waals surface area contributed by atoms with Crippen molar-refractivity contribution < 1.29 is 74.6 Å². The fourth-order valence-corrected chi connectivity index (χ4v) is 2.95. The number of alkyl halides is 17. The Morgan fingerprint density at radius 1 is 0.483 bits per heavy atom. The molecule has 0 nitrogen and oxygen atoms in total. The molecule has 0 heterocycles. The quantitative estimate of drug-likeness (QED) is 0.190. The van der Waals surface area contributed by atoms with Gasteiger partial charge in [-0.05, 0) is 0 Å². The third-order valence-electron chi connectivity index (χ3n) is 3.25. The highest BCUT2D eigenvalue weighted by Gasteiger charge is 2.95. The second-order valence-corrected chi connectivity index (χ2v) is 9.14. The van der Waals surface area contributed by atoms with Gasteiger partial charge in [-0.25, -0.2) is 0 Å². The van der Waals surface area contributed by atoms with Gasteiger partial charge in [-0.2, -0.15) is 85.7 Å². The van der Waals surface area contributed by atoms with Gasteiger partial charge in [0, 0.05) is 6.04 Å². The summed E-state index contributed by atoms with van der Waals surface area (Å²) in [7, 11) is -3.22. The van der Waals surface area contributed by atoms with E-state index in [1.54, 1.807) is 0 Å². The van der Waals surface area contributed by atoms with E-state index in [-0.39, 0.29) is 0 Å². The van der Waals surface area contributed by atoms with Gasteiger partial charge < -0.3 is 0 Å². The van der Waals surface area contributed by atoms with E-state index >= 15 is 0 Å². The Balaban J connectivity index is 6.65. The SMILES string of the molecule is C[Si](Cl)CC(F)(F)C(F)(F)C(F)(F)C(F)(F)C(F)(F)C(F)(F)C(F)(F)C(F)(F)F. The van der Waals surface area contributed by atoms with Crippen molar-refractivity contribution >= 4 is 19.2 Å². The Bertz CT molecular complexity index is 592. The second-order valence-electron chi connectivity index (χ2n) is 5.50. The van der Waals surface area contributed by atoms with Gasteiger partial charge in [0.1, 0.15) is 0 Å². The minimum absolute atomic E-state index is 0.499. The van der Waals surface area contributed by atoms with Crippen LogP contribution in [0.1, 0.15) is 0 Å². The summed E-state index contributed by atoms with van der Waals surface area (Å²) in [6.07, 6.45) is -7.75. The molecule has 0 N–H and O–H groups in total. The van der Waals surface area contributed by atoms with Crippen LogP contribution in [0.25, 0.3) is 0 Å². The largest absolute Gasteiger partial charge is 0.460 e. The summed E-state index contributed by atoms with van der Waals surface area (Å²) >= 11 is 4.87. The third-order valence-corrected chi connectivity index (χ3v) is 4.58. The van der Waals surface area contributed by atoms with E-state index in [1.165, 1.54) is 0 Å². The maximum absolute atomic E-state index is 13.3. The van der Waals surface area contributed by atoms with Crippen LogP contribution in [0.3, 0.4) is 0 Å². The molecule has 19 heteroatoms. The first-order valence-electron chi connectivity index (χ1n) is 6.36. The Morgan fingerprint density at radius 2 is 0.724 bits per heavy atom. The summed E-state index contributed by atoms with van der Waals surface area (Å²) < 4.78 is 219. The fraction of sp³-hybridized carbons (Fsp3) is 1.00. The highest BCUT2D eigenvalue weighted by atomic mass is 35.6. The highest BCUT2D eigenvalue weighted by molar-refractivity contribution is 7.06. The molecular weight excluding hydrogens is 507 g/mol. The summed E-state index contributed by atoms with van der Waals surface area (Å²) in [4.78, 5) is 0. The summed E-state index contributed by atoms with van der Waals surface area (Å²) in [5.41, 5.74) is 0. The Labute approximate surface area is 155 Å². The summed E-state index contributed by atoms with van der Waals surface area (Å²) in [5.74, 6) is -56.0. The fourth-order valence-electron chi connectivity index (χ4n) is 1.61. The van der Waals surface area contributed by atoms with E-state index in [2.05, 4.69) is 0 Å². The maximum Gasteiger partial charge on any atom is 0.460 e. The topological polar surface area (TPSA) is 0 Å². The Kier molecular flexibility index (Phi) is 7.01. The first-order chi connectivity index (χ1) is 12.2. The van der Waals surface area contributed by atoms with E-state index in [1.807, 2.05) is 0 Å². The molecule has 0 unspecified atom stereocenters. The molecule has 0 amide bonds. The van der Waals surface area contributed by atoms with Crippen LogP contribution in [0.4, 0.5) is 74.6 Å². The average molecular weight is 512 g/mol. The zero-order valence-electron chi connectivity index (χ0n) is 13.0. The molecule has 0 rings (SSSR count). The van der Waals surface area contributed by atoms with Crippen molar-refractivity contribution in [1.29, 1.82) is 0 Å². The van der Waals surface area contributed by atoms with E-state index in [4.69, 9.17) is 11.1 Å². The van der Waals surface area contributed by atoms with Gasteiger partial charge in [0.05, 0.1) is 0 Å². The molecule has 0 aliphatic rings. The van der Waals surface area contributed by atoms with Crippen LogP contribution in [0, 0.1) is 0 Å². The van der Waals surface area contributed by atoms with Crippen molar-refractivity contribution in [2.75, 3.05) is 0 Å². The van der Waals surface area contributed by atoms with E-state index < -0.39 is 61.8 Å². The van der Waals surface area contributed by atoms with Crippen LogP contribution < -0.4 is 0 Å². The average Bonchev–Trinajstić information content (AvgIpc) is 2.43. The lowest BCUT2D eigenvalue weighted by molar-refractivity contribution is -0.460. The predicted molar refractivity (Wildman–Crippen MR) is 63.0 cm³/mol. The summed E-state index contributed by atoms with van der Waals surface area (Å²) in [5, 5.41) is 0. The lowest BCUT2D eigenvalue weighted by atomic mass is 9.89. The summed E-state index contributed by atoms with van der Waals surface area (Å²) in [6, 6.07) is -2.53. The number of halogens is 18. The molecule has 0 saturated carbocycles. The molecule has 0 bridgehead atoms. The molecule has 0 aromatic heterocycles. The molecule has 0 saturated heterocycles. The van der Waals surface area contributed by atoms with Gasteiger partial charge in [-0.3, -0.25) is 0 Å². The molecule has 0 aliphatic carbocycles. The van der Waals surface area contributed by atoms with Crippen molar-refractivity contribution in [1.82, 2.24) is 0 Å². The normalized spacial score (nSPS) is 16.6. The lowest BCUT2D eigenvalue weighted by Gasteiger charge is -2.42. The number of rotatable bonds is 8. The molecule has 0 atom stereocenters. The van der Waals surface area contributed by atoms with Crippen LogP contribution in [0.5, 0.6) is 0 Å². The van der Waals surface area contributed by atoms with Crippen molar-refractivity contribution in [2.45, 2.75) is 60.2 Å². The molecule has 1 radical (unpaired) electrons. The lowest BCUT2D eigenvalue weighted by Crippen LogP contribution is -2.74. The standard InChI is InChI=1S/C10H5ClF17Si/c1-29(11)2-3(12,13)4(14,15)5(16,17)6(18,19)7(20,21)8(22,23)9(24,25)10(26,27)28/h2H2,1H3. The van der Waals surface area contributed by atoms with Crippen molar-refractivity contribution in [2.24, 2.45) is 0 Å². The number of hydrogen-bond donors (Lipinski definition) is 0. The van der Waals surface area contributed by atoms with Crippen LogP contribution in [-0.2, 0) is 0 Å². The van der Waals surface area contributed by atoms with Crippen LogP contribution >= 0.6 is 11.1 Å². The first-order valence-corrected chi connectivity index (χ1v) is 9.58. The van der Waals surface area contributed by atoms with Crippen LogP contribution in [0.2, 0.25) is 12.6 Å². The molecule has 0 fully saturated rings. The number of hydrogen-bond acceptors (Lipinski definition) is 0. The zero-order chi connectivity index (χ0) is 24.3. The zero-order valence-corrected chi connectivity index (χ0v) is 14.8. The van der Waals surface area contributed by atoms with Crippen molar-refractivity contribution in [3.8, 4) is 0 Å². The minimum atomic E-state index is -8.59. The second kappa shape index (κ2) is 7.18. The molecule has 175 valence electrons. The smallest absolute Gasteiger partial charge is 0.200 e. The molecular formula is C10H5ClF17Si. The molecule has 0 aliphatic heterocycles. The molecule has 0 aromatic carbocycles. The van der Waals surface area contributed by atoms with Crippen LogP contribution in [-0.4, -0.2) is 55.7 Å². The monoisotopic (exact) mass is 511 g/mol. The van der Waals surface area contributed by atoms with Gasteiger partial charge in [0.25, 0.3) is 0 Å². The minimum Gasteiger partial charge on any atom is -0.200 e. The molecule has 29 heavy (non-hydrogen) atoms. The van der Waals surface area contributed by atoms with Gasteiger partial charge in [0.2, 0.25) is 0 Å². The van der Waals surface area contributed by atoms with Gasteiger partial charge >= 0.3 is 47.6 Å². The van der Waals surface area contributed by atoms with Crippen molar-refractivity contribution in [3.05, 3.63) is 0 Å². The van der Waals surface area contributed by atoms with Gasteiger partial charge in [-0.15, -0.1) is 0 Å². The Hall–Kier alpha value is -0.683. The Morgan fingerprint density at radius 3 is 0.966 bits per heavy atom. The highest BCUT2D eigenvalue weighted by Crippen LogP contribution is 2.64. The first kappa shape index (κ1) is 28.3. The van der Waals surface area contributed by atoms with E-state index in [9.17, 15) is 74.6 Å². The van der Waals surface area contributed by atoms with Gasteiger partial charge in [-0.1, -0.05) is 6.55 Å². The van der Waals surface area contributed by atoms with Crippen LogP contribution in [0.15, 0.2) is 0 Å². The summed E-state index contributed by atoms with van der Waals surface area (Å²) in [6.45, 7) is 0.499. The third kappa shape index (κ3) is 3.86. The maximum atomic E-state index is 13.3.